The van der Waals surface area contributed by atoms with Crippen molar-refractivity contribution in [2.24, 2.45) is 5.84 Å². The van der Waals surface area contributed by atoms with Gasteiger partial charge in [0, 0.05) is 16.2 Å². The summed E-state index contributed by atoms with van der Waals surface area (Å²) in [5.74, 6) is 5.65. The first-order chi connectivity index (χ1) is 10.3. The van der Waals surface area contributed by atoms with E-state index in [0.717, 1.165) is 10.5 Å². The number of fused-ring (bicyclic) bond motifs is 1. The number of furan rings is 1. The Morgan fingerprint density at radius 3 is 2.76 bits per heavy atom. The number of nitrogens with two attached hydrogens (primary N) is 1. The molecule has 0 unspecified atom stereocenters. The second-order valence-electron chi connectivity index (χ2n) is 4.55. The van der Waals surface area contributed by atoms with Crippen LogP contribution in [0.25, 0.3) is 10.8 Å². The summed E-state index contributed by atoms with van der Waals surface area (Å²) in [4.78, 5) is 12.7. The van der Waals surface area contributed by atoms with E-state index in [9.17, 15) is 4.79 Å². The van der Waals surface area contributed by atoms with Crippen LogP contribution in [0.3, 0.4) is 0 Å². The van der Waals surface area contributed by atoms with Crippen molar-refractivity contribution in [3.63, 3.8) is 0 Å². The molecule has 5 heteroatoms. The normalized spacial score (nSPS) is 10.7. The van der Waals surface area contributed by atoms with Crippen LogP contribution in [0, 0.1) is 0 Å². The quantitative estimate of drug-likeness (QED) is 0.335. The first-order valence-corrected chi connectivity index (χ1v) is 7.45. The number of rotatable bonds is 4. The van der Waals surface area contributed by atoms with Crippen molar-refractivity contribution in [1.29, 1.82) is 0 Å². The Kier molecular flexibility index (Phi) is 3.94. The van der Waals surface area contributed by atoms with Crippen LogP contribution in [0.4, 0.5) is 0 Å². The third kappa shape index (κ3) is 2.94. The van der Waals surface area contributed by atoms with Gasteiger partial charge in [-0.3, -0.25) is 10.2 Å². The van der Waals surface area contributed by atoms with E-state index in [1.54, 1.807) is 17.8 Å². The molecule has 0 saturated heterocycles. The van der Waals surface area contributed by atoms with E-state index in [1.807, 2.05) is 12.1 Å². The van der Waals surface area contributed by atoms with Crippen molar-refractivity contribution < 1.29 is 9.21 Å². The van der Waals surface area contributed by atoms with Crippen LogP contribution < -0.4 is 11.3 Å². The number of nitrogen functional groups attached to an aromatic ring is 1. The Labute approximate surface area is 126 Å². The van der Waals surface area contributed by atoms with Gasteiger partial charge in [-0.1, -0.05) is 30.3 Å². The summed E-state index contributed by atoms with van der Waals surface area (Å²) in [7, 11) is 0. The first-order valence-electron chi connectivity index (χ1n) is 6.47. The SMILES string of the molecule is NNC(=O)c1occc1CSc1ccc2ccccc2c1. The van der Waals surface area contributed by atoms with Crippen molar-refractivity contribution in [1.82, 2.24) is 5.43 Å². The smallest absolute Gasteiger partial charge is 0.301 e. The van der Waals surface area contributed by atoms with E-state index in [2.05, 4.69) is 35.8 Å². The highest BCUT2D eigenvalue weighted by molar-refractivity contribution is 7.98. The van der Waals surface area contributed by atoms with Gasteiger partial charge in [0.2, 0.25) is 0 Å². The van der Waals surface area contributed by atoms with Crippen LogP contribution in [0.15, 0.2) is 64.1 Å². The zero-order chi connectivity index (χ0) is 14.7. The molecule has 0 fully saturated rings. The molecule has 106 valence electrons. The Hall–Kier alpha value is -2.24. The summed E-state index contributed by atoms with van der Waals surface area (Å²) in [5, 5.41) is 2.42. The van der Waals surface area contributed by atoms with Gasteiger partial charge in [-0.05, 0) is 29.0 Å². The molecule has 2 aromatic carbocycles. The molecule has 0 bridgehead atoms. The van der Waals surface area contributed by atoms with Crippen molar-refractivity contribution in [2.45, 2.75) is 10.6 Å². The number of carbonyl (C=O) groups is 1. The van der Waals surface area contributed by atoms with Crippen molar-refractivity contribution >= 4 is 28.4 Å². The molecule has 0 aliphatic carbocycles. The third-order valence-corrected chi connectivity index (χ3v) is 4.24. The minimum Gasteiger partial charge on any atom is -0.459 e. The van der Waals surface area contributed by atoms with Gasteiger partial charge in [-0.15, -0.1) is 11.8 Å². The number of amides is 1. The Balaban J connectivity index is 1.77. The highest BCUT2D eigenvalue weighted by Gasteiger charge is 2.14. The van der Waals surface area contributed by atoms with E-state index in [-0.39, 0.29) is 5.76 Å². The van der Waals surface area contributed by atoms with Gasteiger partial charge in [0.25, 0.3) is 0 Å². The fraction of sp³-hybridized carbons (Fsp3) is 0.0625. The topological polar surface area (TPSA) is 68.3 Å². The van der Waals surface area contributed by atoms with Gasteiger partial charge in [0.05, 0.1) is 6.26 Å². The van der Waals surface area contributed by atoms with E-state index in [4.69, 9.17) is 10.3 Å². The van der Waals surface area contributed by atoms with Crippen LogP contribution in [0.5, 0.6) is 0 Å². The number of carbonyl (C=O) groups excluding carboxylic acids is 1. The van der Waals surface area contributed by atoms with Gasteiger partial charge in [0.15, 0.2) is 5.76 Å². The predicted molar refractivity (Wildman–Crippen MR) is 83.9 cm³/mol. The Morgan fingerprint density at radius 1 is 1.14 bits per heavy atom. The van der Waals surface area contributed by atoms with E-state index >= 15 is 0 Å². The number of hydrogen-bond donors (Lipinski definition) is 2. The van der Waals surface area contributed by atoms with Crippen LogP contribution >= 0.6 is 11.8 Å². The van der Waals surface area contributed by atoms with Crippen LogP contribution in [0.2, 0.25) is 0 Å². The molecule has 21 heavy (non-hydrogen) atoms. The standard InChI is InChI=1S/C16H14N2O2S/c17-18-16(19)15-13(7-8-20-15)10-21-14-6-5-11-3-1-2-4-12(11)9-14/h1-9H,10,17H2,(H,18,19). The summed E-state index contributed by atoms with van der Waals surface area (Å²) in [6.45, 7) is 0. The lowest BCUT2D eigenvalue weighted by molar-refractivity contribution is 0.0925. The number of hydrazine groups is 1. The fourth-order valence-corrected chi connectivity index (χ4v) is 3.06. The maximum absolute atomic E-state index is 11.5. The first kappa shape index (κ1) is 13.7. The monoisotopic (exact) mass is 298 g/mol. The van der Waals surface area contributed by atoms with Crippen molar-refractivity contribution in [3.05, 3.63) is 66.1 Å². The predicted octanol–water partition coefficient (Wildman–Crippen LogP) is 3.33. The second-order valence-corrected chi connectivity index (χ2v) is 5.59. The number of nitrogens with one attached hydrogen (secondary N) is 1. The summed E-state index contributed by atoms with van der Waals surface area (Å²) in [6, 6.07) is 16.3. The molecule has 0 aliphatic rings. The van der Waals surface area contributed by atoms with Gasteiger partial charge in [-0.25, -0.2) is 5.84 Å². The highest BCUT2D eigenvalue weighted by Crippen LogP contribution is 2.27. The summed E-state index contributed by atoms with van der Waals surface area (Å²) >= 11 is 1.65. The molecule has 1 aromatic heterocycles. The second kappa shape index (κ2) is 6.03. The molecule has 0 spiro atoms. The summed E-state index contributed by atoms with van der Waals surface area (Å²) in [6.07, 6.45) is 1.50. The van der Waals surface area contributed by atoms with Crippen LogP contribution in [-0.2, 0) is 5.75 Å². The van der Waals surface area contributed by atoms with Crippen molar-refractivity contribution in [2.75, 3.05) is 0 Å². The zero-order valence-corrected chi connectivity index (χ0v) is 12.0. The van der Waals surface area contributed by atoms with Gasteiger partial charge in [0.1, 0.15) is 0 Å². The van der Waals surface area contributed by atoms with Gasteiger partial charge >= 0.3 is 5.91 Å². The molecule has 0 aliphatic heterocycles. The Morgan fingerprint density at radius 2 is 1.95 bits per heavy atom. The minimum atomic E-state index is -0.408. The number of benzene rings is 2. The average molecular weight is 298 g/mol. The lowest BCUT2D eigenvalue weighted by Crippen LogP contribution is -2.30. The third-order valence-electron chi connectivity index (χ3n) is 3.20. The molecule has 1 heterocycles. The molecular formula is C16H14N2O2S. The summed E-state index contributed by atoms with van der Waals surface area (Å²) in [5.41, 5.74) is 2.92. The maximum atomic E-state index is 11.5. The molecule has 4 nitrogen and oxygen atoms in total. The number of thioether (sulfide) groups is 1. The Bertz CT molecular complexity index is 783. The van der Waals surface area contributed by atoms with E-state index in [0.29, 0.717) is 5.75 Å². The molecule has 1 amide bonds. The molecule has 0 saturated carbocycles. The van der Waals surface area contributed by atoms with Gasteiger partial charge in [-0.2, -0.15) is 0 Å². The molecule has 0 radical (unpaired) electrons. The zero-order valence-electron chi connectivity index (χ0n) is 11.2. The summed E-state index contributed by atoms with van der Waals surface area (Å²) < 4.78 is 5.17. The molecule has 0 atom stereocenters. The fourth-order valence-electron chi connectivity index (χ4n) is 2.13. The molecule has 3 N–H and O–H groups in total. The van der Waals surface area contributed by atoms with Crippen molar-refractivity contribution in [3.8, 4) is 0 Å². The minimum absolute atomic E-state index is 0.269. The van der Waals surface area contributed by atoms with Crippen LogP contribution in [0.1, 0.15) is 16.1 Å². The number of hydrogen-bond acceptors (Lipinski definition) is 4. The average Bonchev–Trinajstić information content (AvgIpc) is 3.00. The van der Waals surface area contributed by atoms with Gasteiger partial charge < -0.3 is 4.42 Å². The highest BCUT2D eigenvalue weighted by atomic mass is 32.2. The lowest BCUT2D eigenvalue weighted by atomic mass is 10.1. The molecule has 3 aromatic rings. The largest absolute Gasteiger partial charge is 0.459 e. The molecular weight excluding hydrogens is 284 g/mol. The van der Waals surface area contributed by atoms with E-state index < -0.39 is 5.91 Å². The van der Waals surface area contributed by atoms with E-state index in [1.165, 1.54) is 17.0 Å². The maximum Gasteiger partial charge on any atom is 0.301 e. The molecule has 3 rings (SSSR count). The van der Waals surface area contributed by atoms with Crippen LogP contribution in [-0.4, -0.2) is 5.91 Å². The lowest BCUT2D eigenvalue weighted by Gasteiger charge is -2.04.